The highest BCUT2D eigenvalue weighted by atomic mass is 32.2. The van der Waals surface area contributed by atoms with Gasteiger partial charge in [0.1, 0.15) is 0 Å². The Morgan fingerprint density at radius 3 is 2.48 bits per heavy atom. The number of benzene rings is 1. The second-order valence-corrected chi connectivity index (χ2v) is 8.77. The van der Waals surface area contributed by atoms with E-state index in [4.69, 9.17) is 4.74 Å². The monoisotopic (exact) mass is 366 g/mol. The first kappa shape index (κ1) is 18.4. The third kappa shape index (κ3) is 5.03. The van der Waals surface area contributed by atoms with Gasteiger partial charge in [0, 0.05) is 31.3 Å². The lowest BCUT2D eigenvalue weighted by Crippen LogP contribution is -2.47. The fourth-order valence-corrected chi connectivity index (χ4v) is 4.99. The maximum atomic E-state index is 12.5. The summed E-state index contributed by atoms with van der Waals surface area (Å²) in [4.78, 5) is 14.3. The number of amides is 1. The van der Waals surface area contributed by atoms with E-state index in [0.717, 1.165) is 18.4 Å². The molecule has 1 unspecified atom stereocenters. The van der Waals surface area contributed by atoms with Crippen molar-refractivity contribution in [1.29, 1.82) is 0 Å². The molecule has 2 fully saturated rings. The van der Waals surface area contributed by atoms with E-state index in [-0.39, 0.29) is 23.8 Å². The standard InChI is InChI=1S/C18H26N2O4S/c1-14-4-6-15(7-5-14)18(21)20-10-8-16(9-11-20)19-25(22,23)13-17-3-2-12-24-17/h4-7,16-17,19H,2-3,8-13H2,1H3. The number of carbonyl (C=O) groups is 1. The van der Waals surface area contributed by atoms with Crippen molar-refractivity contribution < 1.29 is 17.9 Å². The second-order valence-electron chi connectivity index (χ2n) is 6.97. The van der Waals surface area contributed by atoms with E-state index in [0.29, 0.717) is 38.1 Å². The maximum absolute atomic E-state index is 12.5. The Labute approximate surface area is 149 Å². The van der Waals surface area contributed by atoms with Crippen molar-refractivity contribution in [1.82, 2.24) is 9.62 Å². The van der Waals surface area contributed by atoms with Crippen LogP contribution in [0.3, 0.4) is 0 Å². The topological polar surface area (TPSA) is 75.7 Å². The number of ether oxygens (including phenoxy) is 1. The quantitative estimate of drug-likeness (QED) is 0.861. The largest absolute Gasteiger partial charge is 0.377 e. The SMILES string of the molecule is Cc1ccc(C(=O)N2CCC(NS(=O)(=O)CC3CCCO3)CC2)cc1. The summed E-state index contributed by atoms with van der Waals surface area (Å²) in [6, 6.07) is 7.44. The Balaban J connectivity index is 1.49. The van der Waals surface area contributed by atoms with Gasteiger partial charge in [-0.15, -0.1) is 0 Å². The lowest BCUT2D eigenvalue weighted by atomic mass is 10.0. The molecule has 1 atom stereocenters. The van der Waals surface area contributed by atoms with Gasteiger partial charge in [0.25, 0.3) is 5.91 Å². The first-order chi connectivity index (χ1) is 11.9. The van der Waals surface area contributed by atoms with Crippen LogP contribution in [-0.4, -0.2) is 56.8 Å². The second kappa shape index (κ2) is 7.85. The molecule has 0 spiro atoms. The molecule has 138 valence electrons. The van der Waals surface area contributed by atoms with E-state index in [9.17, 15) is 13.2 Å². The summed E-state index contributed by atoms with van der Waals surface area (Å²) in [5.41, 5.74) is 1.80. The predicted molar refractivity (Wildman–Crippen MR) is 96.0 cm³/mol. The van der Waals surface area contributed by atoms with Gasteiger partial charge < -0.3 is 9.64 Å². The van der Waals surface area contributed by atoms with Crippen LogP contribution in [0.1, 0.15) is 41.6 Å². The van der Waals surface area contributed by atoms with Gasteiger partial charge in [0.2, 0.25) is 10.0 Å². The molecule has 1 amide bonds. The highest BCUT2D eigenvalue weighted by molar-refractivity contribution is 7.89. The third-order valence-corrected chi connectivity index (χ3v) is 6.36. The van der Waals surface area contributed by atoms with Crippen LogP contribution in [0.25, 0.3) is 0 Å². The van der Waals surface area contributed by atoms with Gasteiger partial charge in [-0.3, -0.25) is 4.79 Å². The number of rotatable bonds is 5. The molecule has 0 aliphatic carbocycles. The number of piperidine rings is 1. The predicted octanol–water partition coefficient (Wildman–Crippen LogP) is 1.70. The van der Waals surface area contributed by atoms with Gasteiger partial charge in [-0.05, 0) is 44.7 Å². The number of hydrogen-bond donors (Lipinski definition) is 1. The van der Waals surface area contributed by atoms with Crippen LogP contribution < -0.4 is 4.72 Å². The van der Waals surface area contributed by atoms with Crippen LogP contribution in [0.2, 0.25) is 0 Å². The van der Waals surface area contributed by atoms with E-state index < -0.39 is 10.0 Å². The summed E-state index contributed by atoms with van der Waals surface area (Å²) in [7, 11) is -3.34. The molecule has 0 saturated carbocycles. The zero-order valence-electron chi connectivity index (χ0n) is 14.6. The molecule has 0 bridgehead atoms. The minimum atomic E-state index is -3.34. The number of likely N-dealkylation sites (tertiary alicyclic amines) is 1. The van der Waals surface area contributed by atoms with Crippen molar-refractivity contribution in [2.45, 2.75) is 44.8 Å². The Hall–Kier alpha value is -1.44. The van der Waals surface area contributed by atoms with Gasteiger partial charge in [0.05, 0.1) is 11.9 Å². The van der Waals surface area contributed by atoms with Gasteiger partial charge in [-0.2, -0.15) is 0 Å². The average molecular weight is 366 g/mol. The summed E-state index contributed by atoms with van der Waals surface area (Å²) >= 11 is 0. The molecule has 3 rings (SSSR count). The molecule has 1 aromatic carbocycles. The summed E-state index contributed by atoms with van der Waals surface area (Å²) in [5, 5.41) is 0. The Morgan fingerprint density at radius 1 is 1.20 bits per heavy atom. The van der Waals surface area contributed by atoms with Crippen LogP contribution in [0, 0.1) is 6.92 Å². The Kier molecular flexibility index (Phi) is 5.76. The van der Waals surface area contributed by atoms with Gasteiger partial charge in [-0.25, -0.2) is 13.1 Å². The molecule has 25 heavy (non-hydrogen) atoms. The lowest BCUT2D eigenvalue weighted by Gasteiger charge is -2.32. The lowest BCUT2D eigenvalue weighted by molar-refractivity contribution is 0.0711. The highest BCUT2D eigenvalue weighted by Crippen LogP contribution is 2.17. The van der Waals surface area contributed by atoms with Crippen molar-refractivity contribution in [2.75, 3.05) is 25.4 Å². The third-order valence-electron chi connectivity index (χ3n) is 4.86. The first-order valence-electron chi connectivity index (χ1n) is 8.90. The van der Waals surface area contributed by atoms with Crippen molar-refractivity contribution in [3.63, 3.8) is 0 Å². The molecule has 2 saturated heterocycles. The summed E-state index contributed by atoms with van der Waals surface area (Å²) in [5.74, 6) is 0.0517. The molecule has 2 aliphatic rings. The number of hydrogen-bond acceptors (Lipinski definition) is 4. The van der Waals surface area contributed by atoms with Gasteiger partial charge in [0.15, 0.2) is 0 Å². The molecular formula is C18H26N2O4S. The smallest absolute Gasteiger partial charge is 0.253 e. The zero-order valence-corrected chi connectivity index (χ0v) is 15.4. The summed E-state index contributed by atoms with van der Waals surface area (Å²) in [6.45, 7) is 3.78. The van der Waals surface area contributed by atoms with E-state index in [1.807, 2.05) is 31.2 Å². The molecule has 1 aromatic rings. The van der Waals surface area contributed by atoms with E-state index >= 15 is 0 Å². The fourth-order valence-electron chi connectivity index (χ4n) is 3.40. The number of sulfonamides is 1. The molecule has 0 aromatic heterocycles. The number of aryl methyl sites for hydroxylation is 1. The highest BCUT2D eigenvalue weighted by Gasteiger charge is 2.29. The number of carbonyl (C=O) groups excluding carboxylic acids is 1. The molecule has 1 N–H and O–H groups in total. The van der Waals surface area contributed by atoms with E-state index in [1.54, 1.807) is 4.90 Å². The zero-order chi connectivity index (χ0) is 17.9. The van der Waals surface area contributed by atoms with Crippen molar-refractivity contribution >= 4 is 15.9 Å². The molecule has 2 heterocycles. The Bertz CT molecular complexity index is 688. The van der Waals surface area contributed by atoms with E-state index in [2.05, 4.69) is 4.72 Å². The van der Waals surface area contributed by atoms with Crippen LogP contribution in [0.5, 0.6) is 0 Å². The van der Waals surface area contributed by atoms with Crippen molar-refractivity contribution in [3.05, 3.63) is 35.4 Å². The minimum absolute atomic E-state index is 0.0145. The molecular weight excluding hydrogens is 340 g/mol. The number of nitrogens with zero attached hydrogens (tertiary/aromatic N) is 1. The minimum Gasteiger partial charge on any atom is -0.377 e. The Morgan fingerprint density at radius 2 is 1.88 bits per heavy atom. The molecule has 2 aliphatic heterocycles. The van der Waals surface area contributed by atoms with Crippen LogP contribution in [0.15, 0.2) is 24.3 Å². The fraction of sp³-hybridized carbons (Fsp3) is 0.611. The maximum Gasteiger partial charge on any atom is 0.253 e. The van der Waals surface area contributed by atoms with Gasteiger partial charge >= 0.3 is 0 Å². The van der Waals surface area contributed by atoms with Crippen LogP contribution >= 0.6 is 0 Å². The van der Waals surface area contributed by atoms with Gasteiger partial charge in [-0.1, -0.05) is 17.7 Å². The van der Waals surface area contributed by atoms with E-state index in [1.165, 1.54) is 0 Å². The first-order valence-corrected chi connectivity index (χ1v) is 10.6. The summed E-state index contributed by atoms with van der Waals surface area (Å²) in [6.07, 6.45) is 2.84. The normalized spacial score (nSPS) is 22.3. The molecule has 6 nitrogen and oxygen atoms in total. The van der Waals surface area contributed by atoms with Crippen molar-refractivity contribution in [3.8, 4) is 0 Å². The van der Waals surface area contributed by atoms with Crippen LogP contribution in [0.4, 0.5) is 0 Å². The number of nitrogens with one attached hydrogen (secondary N) is 1. The average Bonchev–Trinajstić information content (AvgIpc) is 3.07. The van der Waals surface area contributed by atoms with Crippen LogP contribution in [-0.2, 0) is 14.8 Å². The van der Waals surface area contributed by atoms with Crippen molar-refractivity contribution in [2.24, 2.45) is 0 Å². The molecule has 7 heteroatoms. The molecule has 0 radical (unpaired) electrons. The summed E-state index contributed by atoms with van der Waals surface area (Å²) < 4.78 is 32.7.